The van der Waals surface area contributed by atoms with Gasteiger partial charge in [-0.15, -0.1) is 13.2 Å². The van der Waals surface area contributed by atoms with Gasteiger partial charge < -0.3 is 24.5 Å². The SMILES string of the molecule is C=CCN(Cc1ccccc1)C(=O)[C@@H]1[C@H]2C(=O)N(CCCCO)C(C(=O)N(CC=C)C(C)CCC)C23CC[C@@]1(C)O3. The molecule has 8 nitrogen and oxygen atoms in total. The van der Waals surface area contributed by atoms with Gasteiger partial charge in [0.1, 0.15) is 11.6 Å². The van der Waals surface area contributed by atoms with Gasteiger partial charge in [-0.1, -0.05) is 55.8 Å². The summed E-state index contributed by atoms with van der Waals surface area (Å²) < 4.78 is 6.83. The molecule has 3 heterocycles. The van der Waals surface area contributed by atoms with Gasteiger partial charge in [0.15, 0.2) is 0 Å². The van der Waals surface area contributed by atoms with E-state index in [1.54, 1.807) is 22.0 Å². The summed E-state index contributed by atoms with van der Waals surface area (Å²) in [5.41, 5.74) is -0.921. The van der Waals surface area contributed by atoms with Crippen LogP contribution in [0.25, 0.3) is 0 Å². The number of nitrogens with zero attached hydrogens (tertiary/aromatic N) is 3. The van der Waals surface area contributed by atoms with Gasteiger partial charge in [-0.2, -0.15) is 0 Å². The minimum Gasteiger partial charge on any atom is -0.396 e. The molecule has 2 bridgehead atoms. The van der Waals surface area contributed by atoms with Gasteiger partial charge in [-0.25, -0.2) is 0 Å². The molecule has 41 heavy (non-hydrogen) atoms. The van der Waals surface area contributed by atoms with E-state index in [2.05, 4.69) is 20.1 Å². The number of carbonyl (C=O) groups excluding carboxylic acids is 3. The van der Waals surface area contributed by atoms with E-state index in [9.17, 15) is 19.5 Å². The minimum atomic E-state index is -1.07. The van der Waals surface area contributed by atoms with Gasteiger partial charge in [-0.3, -0.25) is 14.4 Å². The number of unbranched alkanes of at least 4 members (excludes halogenated alkanes) is 1. The molecule has 3 saturated heterocycles. The second-order valence-electron chi connectivity index (χ2n) is 12.1. The number of benzene rings is 1. The molecule has 6 atom stereocenters. The fourth-order valence-electron chi connectivity index (χ4n) is 7.46. The van der Waals surface area contributed by atoms with Gasteiger partial charge in [0.05, 0.1) is 17.4 Å². The minimum absolute atomic E-state index is 0.0109. The largest absolute Gasteiger partial charge is 0.396 e. The first kappa shape index (κ1) is 31.0. The maximum Gasteiger partial charge on any atom is 0.248 e. The summed E-state index contributed by atoms with van der Waals surface area (Å²) in [6.07, 6.45) is 7.41. The first-order chi connectivity index (χ1) is 19.7. The molecule has 0 radical (unpaired) electrons. The number of hydrogen-bond donors (Lipinski definition) is 1. The lowest BCUT2D eigenvalue weighted by atomic mass is 9.66. The molecule has 3 fully saturated rings. The van der Waals surface area contributed by atoms with Crippen LogP contribution in [0.1, 0.15) is 64.9 Å². The van der Waals surface area contributed by atoms with Crippen LogP contribution in [-0.2, 0) is 25.7 Å². The van der Waals surface area contributed by atoms with E-state index in [4.69, 9.17) is 4.74 Å². The van der Waals surface area contributed by atoms with Crippen LogP contribution in [-0.4, -0.2) is 87.1 Å². The first-order valence-corrected chi connectivity index (χ1v) is 15.2. The van der Waals surface area contributed by atoms with Gasteiger partial charge in [0.2, 0.25) is 17.7 Å². The van der Waals surface area contributed by atoms with Crippen molar-refractivity contribution in [2.24, 2.45) is 11.8 Å². The number of fused-ring (bicyclic) bond motifs is 1. The summed E-state index contributed by atoms with van der Waals surface area (Å²) in [6.45, 7) is 15.3. The van der Waals surface area contributed by atoms with Gasteiger partial charge >= 0.3 is 0 Å². The highest BCUT2D eigenvalue weighted by Gasteiger charge is 2.78. The molecule has 4 rings (SSSR count). The van der Waals surface area contributed by atoms with Crippen LogP contribution in [0.15, 0.2) is 55.6 Å². The highest BCUT2D eigenvalue weighted by atomic mass is 16.5. The number of rotatable bonds is 15. The van der Waals surface area contributed by atoms with E-state index >= 15 is 0 Å². The van der Waals surface area contributed by atoms with E-state index in [-0.39, 0.29) is 30.4 Å². The maximum absolute atomic E-state index is 14.5. The predicted octanol–water partition coefficient (Wildman–Crippen LogP) is 3.94. The molecular weight excluding hydrogens is 518 g/mol. The number of aliphatic hydroxyl groups is 1. The third-order valence-corrected chi connectivity index (χ3v) is 9.31. The summed E-state index contributed by atoms with van der Waals surface area (Å²) in [6, 6.07) is 8.93. The second kappa shape index (κ2) is 12.9. The molecule has 8 heteroatoms. The van der Waals surface area contributed by atoms with Crippen LogP contribution in [0.2, 0.25) is 0 Å². The Labute approximate surface area is 245 Å². The molecule has 1 spiro atoms. The van der Waals surface area contributed by atoms with Crippen LogP contribution in [0.5, 0.6) is 0 Å². The van der Waals surface area contributed by atoms with Crippen molar-refractivity contribution < 1.29 is 24.2 Å². The topological polar surface area (TPSA) is 90.4 Å². The highest BCUT2D eigenvalue weighted by molar-refractivity contribution is 5.99. The highest BCUT2D eigenvalue weighted by Crippen LogP contribution is 2.63. The quantitative estimate of drug-likeness (QED) is 0.257. The van der Waals surface area contributed by atoms with Crippen LogP contribution in [0.3, 0.4) is 0 Å². The lowest BCUT2D eigenvalue weighted by Gasteiger charge is -2.39. The average molecular weight is 566 g/mol. The summed E-state index contributed by atoms with van der Waals surface area (Å²) in [7, 11) is 0. The van der Waals surface area contributed by atoms with Crippen molar-refractivity contribution in [2.75, 3.05) is 26.2 Å². The molecule has 0 aromatic heterocycles. The van der Waals surface area contributed by atoms with Crippen LogP contribution >= 0.6 is 0 Å². The zero-order chi connectivity index (χ0) is 29.8. The Kier molecular flexibility index (Phi) is 9.75. The Hall–Kier alpha value is -2.97. The lowest BCUT2D eigenvalue weighted by Crippen LogP contribution is -2.58. The van der Waals surface area contributed by atoms with Crippen LogP contribution < -0.4 is 0 Å². The van der Waals surface area contributed by atoms with Gasteiger partial charge in [0.25, 0.3) is 0 Å². The molecule has 224 valence electrons. The normalized spacial score (nSPS) is 28.8. The standard InChI is InChI=1S/C33H47N3O5/c1-6-14-24(4)35(20-8-3)31(40)28-33-18-17-32(5,41-33)26(27(33)30(39)36(28)21-12-13-22-37)29(38)34(19-7-2)23-25-15-10-9-11-16-25/h7-11,15-16,24,26-28,37H,2-3,6,12-14,17-23H2,1,4-5H3/t24?,26-,27-,28?,32+,33?/m0/s1. The summed E-state index contributed by atoms with van der Waals surface area (Å²) >= 11 is 0. The number of aliphatic hydroxyl groups excluding tert-OH is 1. The monoisotopic (exact) mass is 565 g/mol. The summed E-state index contributed by atoms with van der Waals surface area (Å²) in [5, 5.41) is 9.44. The van der Waals surface area contributed by atoms with E-state index < -0.39 is 29.1 Å². The van der Waals surface area contributed by atoms with Crippen molar-refractivity contribution in [1.82, 2.24) is 14.7 Å². The Morgan fingerprint density at radius 1 is 1.15 bits per heavy atom. The van der Waals surface area contributed by atoms with Crippen molar-refractivity contribution >= 4 is 17.7 Å². The molecule has 1 N–H and O–H groups in total. The Morgan fingerprint density at radius 3 is 2.49 bits per heavy atom. The summed E-state index contributed by atoms with van der Waals surface area (Å²) in [4.78, 5) is 48.4. The Balaban J connectivity index is 1.74. The van der Waals surface area contributed by atoms with Crippen molar-refractivity contribution in [3.63, 3.8) is 0 Å². The Morgan fingerprint density at radius 2 is 1.85 bits per heavy atom. The van der Waals surface area contributed by atoms with Gasteiger partial charge in [-0.05, 0) is 51.5 Å². The number of amides is 3. The predicted molar refractivity (Wildman–Crippen MR) is 159 cm³/mol. The van der Waals surface area contributed by atoms with Crippen LogP contribution in [0.4, 0.5) is 0 Å². The zero-order valence-electron chi connectivity index (χ0n) is 25.0. The third kappa shape index (κ3) is 5.61. The molecule has 1 aromatic carbocycles. The van der Waals surface area contributed by atoms with Crippen molar-refractivity contribution in [3.05, 3.63) is 61.2 Å². The zero-order valence-corrected chi connectivity index (χ0v) is 25.0. The molecule has 1 aromatic rings. The van der Waals surface area contributed by atoms with E-state index in [1.165, 1.54) is 0 Å². The number of carbonyl (C=O) groups is 3. The molecule has 3 aliphatic heterocycles. The second-order valence-corrected chi connectivity index (χ2v) is 12.1. The number of ether oxygens (including phenoxy) is 1. The van der Waals surface area contributed by atoms with E-state index in [1.807, 2.05) is 49.1 Å². The molecule has 0 aliphatic carbocycles. The van der Waals surface area contributed by atoms with Crippen LogP contribution in [0, 0.1) is 11.8 Å². The molecule has 3 unspecified atom stereocenters. The summed E-state index contributed by atoms with van der Waals surface area (Å²) in [5.74, 6) is -1.92. The molecule has 0 saturated carbocycles. The number of likely N-dealkylation sites (tertiary alicyclic amines) is 1. The molecular formula is C33H47N3O5. The van der Waals surface area contributed by atoms with E-state index in [0.717, 1.165) is 18.4 Å². The fourth-order valence-corrected chi connectivity index (χ4v) is 7.46. The first-order valence-electron chi connectivity index (χ1n) is 15.2. The molecule has 3 aliphatic rings. The smallest absolute Gasteiger partial charge is 0.248 e. The third-order valence-electron chi connectivity index (χ3n) is 9.31. The maximum atomic E-state index is 14.5. The average Bonchev–Trinajstić information content (AvgIpc) is 3.52. The lowest BCUT2D eigenvalue weighted by molar-refractivity contribution is -0.154. The van der Waals surface area contributed by atoms with Crippen molar-refractivity contribution in [1.29, 1.82) is 0 Å². The van der Waals surface area contributed by atoms with Crippen molar-refractivity contribution in [3.8, 4) is 0 Å². The Bertz CT molecular complexity index is 1130. The number of hydrogen-bond acceptors (Lipinski definition) is 5. The van der Waals surface area contributed by atoms with Gasteiger partial charge in [0, 0.05) is 38.8 Å². The van der Waals surface area contributed by atoms with E-state index in [0.29, 0.717) is 51.9 Å². The molecule has 3 amide bonds. The van der Waals surface area contributed by atoms with Crippen molar-refractivity contribution in [2.45, 2.75) is 89.1 Å². The fraction of sp³-hybridized carbons (Fsp3) is 0.606.